The van der Waals surface area contributed by atoms with Gasteiger partial charge < -0.3 is 10.2 Å². The van der Waals surface area contributed by atoms with Gasteiger partial charge in [0.05, 0.1) is 0 Å². The summed E-state index contributed by atoms with van der Waals surface area (Å²) in [4.78, 5) is 14.2. The molecule has 0 saturated heterocycles. The van der Waals surface area contributed by atoms with Crippen molar-refractivity contribution < 1.29 is 4.79 Å². The number of hydrogen-bond donors (Lipinski definition) is 1. The smallest absolute Gasteiger partial charge is 0.274 e. The summed E-state index contributed by atoms with van der Waals surface area (Å²) in [6, 6.07) is 11.7. The Bertz CT molecular complexity index is 614. The van der Waals surface area contributed by atoms with Crippen LogP contribution in [-0.4, -0.2) is 27.5 Å². The molecule has 3 rings (SSSR count). The highest BCUT2D eigenvalue weighted by molar-refractivity contribution is 5.92. The van der Waals surface area contributed by atoms with E-state index >= 15 is 0 Å². The summed E-state index contributed by atoms with van der Waals surface area (Å²) in [7, 11) is 0. The van der Waals surface area contributed by atoms with Gasteiger partial charge in [-0.05, 0) is 29.7 Å². The number of fused-ring (bicyclic) bond motifs is 1. The Morgan fingerprint density at radius 2 is 1.86 bits per heavy atom. The van der Waals surface area contributed by atoms with Gasteiger partial charge in [-0.25, -0.2) is 0 Å². The molecule has 1 aliphatic rings. The first-order valence-corrected chi connectivity index (χ1v) is 7.21. The van der Waals surface area contributed by atoms with Crippen LogP contribution in [0.5, 0.6) is 0 Å². The highest BCUT2D eigenvalue weighted by Crippen LogP contribution is 2.23. The molecular weight excluding hydrogens is 264 g/mol. The van der Waals surface area contributed by atoms with Gasteiger partial charge in [0.25, 0.3) is 5.91 Å². The van der Waals surface area contributed by atoms with E-state index in [4.69, 9.17) is 0 Å². The van der Waals surface area contributed by atoms with Crippen LogP contribution in [0.15, 0.2) is 36.4 Å². The molecule has 1 aromatic carbocycles. The van der Waals surface area contributed by atoms with Gasteiger partial charge in [-0.3, -0.25) is 4.79 Å². The second-order valence-corrected chi connectivity index (χ2v) is 5.16. The van der Waals surface area contributed by atoms with Gasteiger partial charge in [-0.2, -0.15) is 0 Å². The van der Waals surface area contributed by atoms with Crippen LogP contribution in [0.4, 0.5) is 5.82 Å². The third-order valence-electron chi connectivity index (χ3n) is 3.57. The number of anilines is 1. The van der Waals surface area contributed by atoms with Crippen LogP contribution in [0.2, 0.25) is 0 Å². The molecular formula is C16H18N4O. The number of carbonyl (C=O) groups excluding carboxylic acids is 1. The zero-order chi connectivity index (χ0) is 14.7. The van der Waals surface area contributed by atoms with E-state index in [1.165, 1.54) is 11.1 Å². The van der Waals surface area contributed by atoms with Crippen LogP contribution in [0.1, 0.15) is 35.0 Å². The fourth-order valence-corrected chi connectivity index (χ4v) is 2.43. The fourth-order valence-electron chi connectivity index (χ4n) is 2.43. The first-order chi connectivity index (χ1) is 10.3. The molecule has 1 amide bonds. The van der Waals surface area contributed by atoms with Crippen molar-refractivity contribution in [3.8, 4) is 0 Å². The van der Waals surface area contributed by atoms with Crippen LogP contribution in [0.3, 0.4) is 0 Å². The summed E-state index contributed by atoms with van der Waals surface area (Å²) in [5.41, 5.74) is 2.81. The van der Waals surface area contributed by atoms with Crippen molar-refractivity contribution in [2.75, 3.05) is 11.9 Å². The van der Waals surface area contributed by atoms with Crippen molar-refractivity contribution in [2.24, 2.45) is 0 Å². The molecule has 0 atom stereocenters. The van der Waals surface area contributed by atoms with E-state index in [2.05, 4.69) is 34.6 Å². The molecule has 0 radical (unpaired) electrons. The Kier molecular flexibility index (Phi) is 3.81. The van der Waals surface area contributed by atoms with Crippen molar-refractivity contribution in [3.05, 3.63) is 53.2 Å². The van der Waals surface area contributed by atoms with Crippen LogP contribution in [0, 0.1) is 0 Å². The predicted octanol–water partition coefficient (Wildman–Crippen LogP) is 2.45. The molecule has 1 aliphatic heterocycles. The quantitative estimate of drug-likeness (QED) is 0.936. The molecule has 5 heteroatoms. The Labute approximate surface area is 124 Å². The van der Waals surface area contributed by atoms with Crippen LogP contribution >= 0.6 is 0 Å². The van der Waals surface area contributed by atoms with Gasteiger partial charge in [0.15, 0.2) is 5.69 Å². The minimum absolute atomic E-state index is 0.0688. The van der Waals surface area contributed by atoms with Crippen LogP contribution < -0.4 is 5.32 Å². The zero-order valence-electron chi connectivity index (χ0n) is 12.0. The first-order valence-electron chi connectivity index (χ1n) is 7.21. The van der Waals surface area contributed by atoms with Crippen LogP contribution in [0.25, 0.3) is 0 Å². The Balaban J connectivity index is 1.69. The Hall–Kier alpha value is -2.43. The predicted molar refractivity (Wildman–Crippen MR) is 80.8 cm³/mol. The average molecular weight is 282 g/mol. The third-order valence-corrected chi connectivity index (χ3v) is 3.57. The number of rotatable bonds is 4. The van der Waals surface area contributed by atoms with Gasteiger partial charge in [-0.1, -0.05) is 31.2 Å². The molecule has 1 aromatic heterocycles. The molecule has 108 valence electrons. The maximum atomic E-state index is 12.4. The Morgan fingerprint density at radius 1 is 1.14 bits per heavy atom. The molecule has 5 nitrogen and oxygen atoms in total. The van der Waals surface area contributed by atoms with Gasteiger partial charge in [0.1, 0.15) is 5.82 Å². The largest absolute Gasteiger partial charge is 0.369 e. The maximum absolute atomic E-state index is 12.4. The minimum atomic E-state index is -0.0688. The van der Waals surface area contributed by atoms with Crippen molar-refractivity contribution >= 4 is 11.7 Å². The third kappa shape index (κ3) is 2.86. The van der Waals surface area contributed by atoms with Crippen molar-refractivity contribution in [1.82, 2.24) is 15.1 Å². The number of amides is 1. The minimum Gasteiger partial charge on any atom is -0.369 e. The topological polar surface area (TPSA) is 58.1 Å². The number of carbonyl (C=O) groups is 1. The van der Waals surface area contributed by atoms with E-state index in [1.54, 1.807) is 17.0 Å². The molecule has 0 fully saturated rings. The normalized spacial score (nSPS) is 13.1. The van der Waals surface area contributed by atoms with E-state index in [9.17, 15) is 4.79 Å². The van der Waals surface area contributed by atoms with Crippen molar-refractivity contribution in [1.29, 1.82) is 0 Å². The lowest BCUT2D eigenvalue weighted by atomic mass is 10.1. The lowest BCUT2D eigenvalue weighted by Gasteiger charge is -2.14. The van der Waals surface area contributed by atoms with Crippen molar-refractivity contribution in [3.63, 3.8) is 0 Å². The molecule has 2 heterocycles. The van der Waals surface area contributed by atoms with E-state index in [-0.39, 0.29) is 5.91 Å². The zero-order valence-corrected chi connectivity index (χ0v) is 12.0. The van der Waals surface area contributed by atoms with E-state index < -0.39 is 0 Å². The lowest BCUT2D eigenvalue weighted by Crippen LogP contribution is -2.26. The van der Waals surface area contributed by atoms with E-state index in [0.29, 0.717) is 24.6 Å². The summed E-state index contributed by atoms with van der Waals surface area (Å²) < 4.78 is 0. The monoisotopic (exact) mass is 282 g/mol. The SMILES string of the molecule is CCCNc1ccc(C(=O)N2Cc3ccccc3C2)nn1. The molecule has 0 bridgehead atoms. The average Bonchev–Trinajstić information content (AvgIpc) is 2.96. The first kappa shape index (κ1) is 13.5. The highest BCUT2D eigenvalue weighted by atomic mass is 16.2. The summed E-state index contributed by atoms with van der Waals surface area (Å²) in [5.74, 6) is 0.638. The number of hydrogen-bond acceptors (Lipinski definition) is 4. The van der Waals surface area contributed by atoms with Crippen LogP contribution in [-0.2, 0) is 13.1 Å². The highest BCUT2D eigenvalue weighted by Gasteiger charge is 2.24. The number of nitrogens with one attached hydrogen (secondary N) is 1. The Morgan fingerprint density at radius 3 is 2.43 bits per heavy atom. The maximum Gasteiger partial charge on any atom is 0.274 e. The molecule has 0 aliphatic carbocycles. The molecule has 2 aromatic rings. The van der Waals surface area contributed by atoms with Gasteiger partial charge in [-0.15, -0.1) is 10.2 Å². The number of benzene rings is 1. The number of aromatic nitrogens is 2. The van der Waals surface area contributed by atoms with Gasteiger partial charge in [0, 0.05) is 19.6 Å². The molecule has 21 heavy (non-hydrogen) atoms. The summed E-state index contributed by atoms with van der Waals surface area (Å²) in [5, 5.41) is 11.2. The summed E-state index contributed by atoms with van der Waals surface area (Å²) in [6.45, 7) is 4.23. The van der Waals surface area contributed by atoms with E-state index in [0.717, 1.165) is 13.0 Å². The van der Waals surface area contributed by atoms with Crippen molar-refractivity contribution in [2.45, 2.75) is 26.4 Å². The second kappa shape index (κ2) is 5.91. The second-order valence-electron chi connectivity index (χ2n) is 5.16. The number of nitrogens with zero attached hydrogens (tertiary/aromatic N) is 3. The molecule has 1 N–H and O–H groups in total. The summed E-state index contributed by atoms with van der Waals surface area (Å²) in [6.07, 6.45) is 1.02. The molecule has 0 saturated carbocycles. The van der Waals surface area contributed by atoms with Gasteiger partial charge in [0.2, 0.25) is 0 Å². The standard InChI is InChI=1S/C16H18N4O/c1-2-9-17-15-8-7-14(18-19-15)16(21)20-10-12-5-3-4-6-13(12)11-20/h3-8H,2,9-11H2,1H3,(H,17,19). The van der Waals surface area contributed by atoms with Gasteiger partial charge >= 0.3 is 0 Å². The van der Waals surface area contributed by atoms with E-state index in [1.807, 2.05) is 12.1 Å². The lowest BCUT2D eigenvalue weighted by molar-refractivity contribution is 0.0744. The fraction of sp³-hybridized carbons (Fsp3) is 0.312. The molecule has 0 unspecified atom stereocenters. The molecule has 0 spiro atoms. The summed E-state index contributed by atoms with van der Waals surface area (Å²) >= 11 is 0.